The molecule has 0 bridgehead atoms. The van der Waals surface area contributed by atoms with Crippen molar-refractivity contribution in [2.75, 3.05) is 26.3 Å². The third-order valence-corrected chi connectivity index (χ3v) is 3.84. The molecular weight excluding hydrogens is 238 g/mol. The van der Waals surface area contributed by atoms with E-state index in [9.17, 15) is 4.79 Å². The number of nitrogens with two attached hydrogens (primary N) is 1. The standard InChI is InChI=1S/C11H19N3O4/c12-9(13-17)11(2-1-3-11)10(16)14-4-5-18-8(6-14)7-15/h8,15,17H,1-7H2,(H2,12,13). The van der Waals surface area contributed by atoms with Crippen molar-refractivity contribution in [1.82, 2.24) is 4.90 Å². The Bertz CT molecular complexity index is 354. The average Bonchev–Trinajstić information content (AvgIpc) is 2.37. The van der Waals surface area contributed by atoms with Crippen molar-refractivity contribution in [3.05, 3.63) is 0 Å². The number of carbonyl (C=O) groups excluding carboxylic acids is 1. The van der Waals surface area contributed by atoms with Gasteiger partial charge < -0.3 is 25.7 Å². The maximum absolute atomic E-state index is 12.5. The molecule has 1 amide bonds. The van der Waals surface area contributed by atoms with Gasteiger partial charge in [0.25, 0.3) is 0 Å². The van der Waals surface area contributed by atoms with Crippen LogP contribution < -0.4 is 5.73 Å². The van der Waals surface area contributed by atoms with E-state index in [2.05, 4.69) is 5.16 Å². The molecule has 4 N–H and O–H groups in total. The fourth-order valence-corrected chi connectivity index (χ4v) is 2.52. The lowest BCUT2D eigenvalue weighted by Crippen LogP contribution is -2.58. The molecule has 1 aliphatic carbocycles. The predicted molar refractivity (Wildman–Crippen MR) is 63.1 cm³/mol. The Kier molecular flexibility index (Phi) is 3.72. The molecule has 0 aromatic carbocycles. The molecule has 1 aliphatic heterocycles. The molecule has 7 nitrogen and oxygen atoms in total. The van der Waals surface area contributed by atoms with E-state index in [1.54, 1.807) is 4.90 Å². The number of aliphatic hydroxyl groups is 1. The first-order valence-electron chi connectivity index (χ1n) is 6.14. The van der Waals surface area contributed by atoms with E-state index in [-0.39, 0.29) is 24.5 Å². The van der Waals surface area contributed by atoms with Gasteiger partial charge >= 0.3 is 0 Å². The van der Waals surface area contributed by atoms with E-state index >= 15 is 0 Å². The summed E-state index contributed by atoms with van der Waals surface area (Å²) in [6.07, 6.45) is 1.79. The van der Waals surface area contributed by atoms with Gasteiger partial charge in [-0.15, -0.1) is 0 Å². The van der Waals surface area contributed by atoms with Crippen molar-refractivity contribution >= 4 is 11.7 Å². The minimum absolute atomic E-state index is 0.00853. The molecule has 1 heterocycles. The Morgan fingerprint density at radius 3 is 2.78 bits per heavy atom. The summed E-state index contributed by atoms with van der Waals surface area (Å²) in [4.78, 5) is 14.1. The molecule has 1 atom stereocenters. The summed E-state index contributed by atoms with van der Waals surface area (Å²) in [6, 6.07) is 0. The third-order valence-electron chi connectivity index (χ3n) is 3.84. The molecule has 2 rings (SSSR count). The highest BCUT2D eigenvalue weighted by molar-refractivity contribution is 6.07. The molecule has 0 spiro atoms. The summed E-state index contributed by atoms with van der Waals surface area (Å²) >= 11 is 0. The van der Waals surface area contributed by atoms with E-state index in [4.69, 9.17) is 20.8 Å². The minimum Gasteiger partial charge on any atom is -0.409 e. The highest BCUT2D eigenvalue weighted by Gasteiger charge is 2.50. The summed E-state index contributed by atoms with van der Waals surface area (Å²) in [5, 5.41) is 20.9. The zero-order chi connectivity index (χ0) is 13.2. The molecular formula is C11H19N3O4. The van der Waals surface area contributed by atoms with Gasteiger partial charge in [-0.1, -0.05) is 11.6 Å². The van der Waals surface area contributed by atoms with Gasteiger partial charge in [-0.05, 0) is 12.8 Å². The molecule has 18 heavy (non-hydrogen) atoms. The van der Waals surface area contributed by atoms with Crippen LogP contribution in [0.15, 0.2) is 5.16 Å². The molecule has 2 fully saturated rings. The summed E-state index contributed by atoms with van der Waals surface area (Å²) in [5.74, 6) is -0.128. The van der Waals surface area contributed by atoms with Crippen LogP contribution in [0.3, 0.4) is 0 Å². The molecule has 102 valence electrons. The SMILES string of the molecule is NC(=NO)C1(C(=O)N2CCOC(CO)C2)CCC1. The molecule has 0 aromatic heterocycles. The lowest BCUT2D eigenvalue weighted by atomic mass is 9.66. The lowest BCUT2D eigenvalue weighted by Gasteiger charge is -2.44. The molecule has 1 saturated carbocycles. The van der Waals surface area contributed by atoms with Crippen molar-refractivity contribution in [3.63, 3.8) is 0 Å². The van der Waals surface area contributed by atoms with Gasteiger partial charge in [0, 0.05) is 13.1 Å². The van der Waals surface area contributed by atoms with Gasteiger partial charge in [0.1, 0.15) is 5.41 Å². The zero-order valence-corrected chi connectivity index (χ0v) is 10.2. The number of nitrogens with zero attached hydrogens (tertiary/aromatic N) is 2. The Balaban J connectivity index is 2.10. The largest absolute Gasteiger partial charge is 0.409 e. The van der Waals surface area contributed by atoms with Crippen molar-refractivity contribution < 1.29 is 19.8 Å². The lowest BCUT2D eigenvalue weighted by molar-refractivity contribution is -0.151. The van der Waals surface area contributed by atoms with E-state index in [1.807, 2.05) is 0 Å². The summed E-state index contributed by atoms with van der Waals surface area (Å²) in [6.45, 7) is 1.13. The van der Waals surface area contributed by atoms with Crippen LogP contribution in [-0.2, 0) is 9.53 Å². The zero-order valence-electron chi connectivity index (χ0n) is 10.2. The van der Waals surface area contributed by atoms with Gasteiger partial charge in [-0.3, -0.25) is 4.79 Å². The van der Waals surface area contributed by atoms with Crippen LogP contribution in [0.25, 0.3) is 0 Å². The quantitative estimate of drug-likeness (QED) is 0.263. The molecule has 7 heteroatoms. The summed E-state index contributed by atoms with van der Waals surface area (Å²) in [7, 11) is 0. The Hall–Kier alpha value is -1.34. The Morgan fingerprint density at radius 2 is 2.28 bits per heavy atom. The van der Waals surface area contributed by atoms with E-state index < -0.39 is 5.41 Å². The highest BCUT2D eigenvalue weighted by Crippen LogP contribution is 2.43. The third kappa shape index (κ3) is 2.04. The fraction of sp³-hybridized carbons (Fsp3) is 0.818. The van der Waals surface area contributed by atoms with Gasteiger partial charge in [0.15, 0.2) is 5.84 Å². The number of hydrogen-bond donors (Lipinski definition) is 3. The number of carbonyl (C=O) groups is 1. The average molecular weight is 257 g/mol. The normalized spacial score (nSPS) is 27.7. The maximum Gasteiger partial charge on any atom is 0.236 e. The van der Waals surface area contributed by atoms with Crippen LogP contribution in [0.4, 0.5) is 0 Å². The Labute approximate surface area is 105 Å². The van der Waals surface area contributed by atoms with Crippen LogP contribution >= 0.6 is 0 Å². The first-order chi connectivity index (χ1) is 8.64. The monoisotopic (exact) mass is 257 g/mol. The second kappa shape index (κ2) is 5.11. The molecule has 2 aliphatic rings. The second-order valence-corrected chi connectivity index (χ2v) is 4.85. The van der Waals surface area contributed by atoms with Crippen LogP contribution in [0.5, 0.6) is 0 Å². The number of hydrogen-bond acceptors (Lipinski definition) is 5. The van der Waals surface area contributed by atoms with Crippen LogP contribution in [0, 0.1) is 5.41 Å². The van der Waals surface area contributed by atoms with Gasteiger partial charge in [-0.25, -0.2) is 0 Å². The molecule has 0 aromatic rings. The number of aliphatic hydroxyl groups excluding tert-OH is 1. The first kappa shape index (κ1) is 13.1. The number of ether oxygens (including phenoxy) is 1. The van der Waals surface area contributed by atoms with E-state index in [0.29, 0.717) is 32.5 Å². The van der Waals surface area contributed by atoms with E-state index in [1.165, 1.54) is 0 Å². The van der Waals surface area contributed by atoms with Gasteiger partial charge in [0.2, 0.25) is 5.91 Å². The number of morpholine rings is 1. The van der Waals surface area contributed by atoms with Crippen LogP contribution in [0.2, 0.25) is 0 Å². The number of rotatable bonds is 3. The molecule has 1 saturated heterocycles. The van der Waals surface area contributed by atoms with E-state index in [0.717, 1.165) is 6.42 Å². The summed E-state index contributed by atoms with van der Waals surface area (Å²) in [5.41, 5.74) is 4.82. The van der Waals surface area contributed by atoms with Crippen LogP contribution in [-0.4, -0.2) is 59.4 Å². The van der Waals surface area contributed by atoms with Crippen molar-refractivity contribution in [1.29, 1.82) is 0 Å². The predicted octanol–water partition coefficient (Wildman–Crippen LogP) is -0.877. The number of amidine groups is 1. The highest BCUT2D eigenvalue weighted by atomic mass is 16.5. The van der Waals surface area contributed by atoms with Gasteiger partial charge in [-0.2, -0.15) is 0 Å². The maximum atomic E-state index is 12.5. The fourth-order valence-electron chi connectivity index (χ4n) is 2.52. The first-order valence-corrected chi connectivity index (χ1v) is 6.14. The second-order valence-electron chi connectivity index (χ2n) is 4.85. The Morgan fingerprint density at radius 1 is 1.56 bits per heavy atom. The van der Waals surface area contributed by atoms with Crippen molar-refractivity contribution in [2.24, 2.45) is 16.3 Å². The topological polar surface area (TPSA) is 108 Å². The minimum atomic E-state index is -0.841. The number of amides is 1. The van der Waals surface area contributed by atoms with Crippen molar-refractivity contribution in [3.8, 4) is 0 Å². The smallest absolute Gasteiger partial charge is 0.236 e. The summed E-state index contributed by atoms with van der Waals surface area (Å²) < 4.78 is 5.30. The van der Waals surface area contributed by atoms with Gasteiger partial charge in [0.05, 0.1) is 19.3 Å². The van der Waals surface area contributed by atoms with Crippen LogP contribution in [0.1, 0.15) is 19.3 Å². The molecule has 1 unspecified atom stereocenters. The molecule has 0 radical (unpaired) electrons. The number of oxime groups is 1. The van der Waals surface area contributed by atoms with Crippen molar-refractivity contribution in [2.45, 2.75) is 25.4 Å².